The van der Waals surface area contributed by atoms with Crippen LogP contribution in [0.2, 0.25) is 0 Å². The molecule has 53 valence electrons. The van der Waals surface area contributed by atoms with Crippen LogP contribution in [0.1, 0.15) is 0 Å². The van der Waals surface area contributed by atoms with E-state index in [4.69, 9.17) is 0 Å². The molecule has 8 heteroatoms. The van der Waals surface area contributed by atoms with E-state index >= 15 is 0 Å². The van der Waals surface area contributed by atoms with Crippen LogP contribution in [0.3, 0.4) is 0 Å². The molecule has 0 unspecified atom stereocenters. The molecule has 0 fully saturated rings. The predicted octanol–water partition coefficient (Wildman–Crippen LogP) is 1.14. The Morgan fingerprint density at radius 2 is 0.375 bits per heavy atom. The molecule has 4 nitrogen and oxygen atoms in total. The van der Waals surface area contributed by atoms with Crippen LogP contribution < -0.4 is 0 Å². The van der Waals surface area contributed by atoms with E-state index in [0.717, 1.165) is 0 Å². The van der Waals surface area contributed by atoms with Gasteiger partial charge < -0.3 is 24.6 Å². The fraction of sp³-hybridized carbons (Fsp3) is 0. The van der Waals surface area contributed by atoms with Gasteiger partial charge in [0.1, 0.15) is 0 Å². The van der Waals surface area contributed by atoms with Gasteiger partial charge >= 0.3 is 71.4 Å². The van der Waals surface area contributed by atoms with Crippen LogP contribution in [0, 0.1) is 0 Å². The van der Waals surface area contributed by atoms with Crippen molar-refractivity contribution in [3.05, 3.63) is 24.6 Å². The van der Waals surface area contributed by atoms with Crippen molar-refractivity contribution in [1.82, 2.24) is 0 Å². The first kappa shape index (κ1) is 196. The van der Waals surface area contributed by atoms with Crippen LogP contribution in [-0.2, 0) is 71.4 Å². The average Bonchev–Trinajstić information content (AvgIpc) is 0. The van der Waals surface area contributed by atoms with Crippen molar-refractivity contribution < 1.29 is 71.4 Å². The molecule has 8 heavy (non-hydrogen) atoms. The molecule has 0 aliphatic rings. The van der Waals surface area contributed by atoms with E-state index in [1.807, 2.05) is 0 Å². The van der Waals surface area contributed by atoms with Crippen molar-refractivity contribution in [2.45, 2.75) is 0 Å². The molecule has 0 aliphatic heterocycles. The maximum absolute atomic E-state index is 0. The molecule has 0 atom stereocenters. The van der Waals surface area contributed by atoms with Gasteiger partial charge in [-0.2, -0.15) is 0 Å². The largest absolute Gasteiger partial charge is 6.00 e. The fourth-order valence-electron chi connectivity index (χ4n) is 0. The van der Waals surface area contributed by atoms with Gasteiger partial charge in [0.15, 0.2) is 0 Å². The van der Waals surface area contributed by atoms with Gasteiger partial charge in [-0.25, -0.2) is 0 Å². The smallest absolute Gasteiger partial charge is 3.00 e. The van der Waals surface area contributed by atoms with Crippen molar-refractivity contribution in [2.75, 3.05) is 0 Å². The molecule has 0 heterocycles. The third kappa shape index (κ3) is 95.3. The summed E-state index contributed by atoms with van der Waals surface area (Å²) in [6.07, 6.45) is 0. The van der Waals surface area contributed by atoms with E-state index in [-0.39, 0.29) is 96.0 Å². The average molecular weight is 329 g/mol. The first-order chi connectivity index (χ1) is 0. The summed E-state index contributed by atoms with van der Waals surface area (Å²) in [6, 6.07) is 0. The molecule has 0 saturated carbocycles. The summed E-state index contributed by atoms with van der Waals surface area (Å²) in [5, 5.41) is 0. The first-order valence-electron chi connectivity index (χ1n) is 0. The van der Waals surface area contributed by atoms with Crippen molar-refractivity contribution in [3.8, 4) is 0 Å². The molecule has 0 rings (SSSR count). The minimum absolute atomic E-state index is 0. The summed E-state index contributed by atoms with van der Waals surface area (Å²) < 4.78 is 0. The van der Waals surface area contributed by atoms with Gasteiger partial charge in [0.2, 0.25) is 0 Å². The van der Waals surface area contributed by atoms with Gasteiger partial charge in [0.05, 0.1) is 0 Å². The molecule has 0 aromatic heterocycles. The summed E-state index contributed by atoms with van der Waals surface area (Å²) in [5.41, 5.74) is 0. The van der Waals surface area contributed by atoms with E-state index in [0.29, 0.717) is 0 Å². The Balaban J connectivity index is 0. The third-order valence-electron chi connectivity index (χ3n) is 0. The van der Waals surface area contributed by atoms with Crippen LogP contribution in [0.25, 0.3) is 24.6 Å². The zero-order valence-corrected chi connectivity index (χ0v) is 8.33. The van der Waals surface area contributed by atoms with Crippen LogP contribution >= 0.6 is 0 Å². The third-order valence-corrected chi connectivity index (χ3v) is 0. The first-order valence-corrected chi connectivity index (χ1v) is 0. The van der Waals surface area contributed by atoms with Crippen molar-refractivity contribution in [1.29, 1.82) is 0 Å². The van der Waals surface area contributed by atoms with E-state index in [1.54, 1.807) is 0 Å². The molecule has 0 N–H and O–H groups in total. The summed E-state index contributed by atoms with van der Waals surface area (Å²) in [7, 11) is 0. The number of rotatable bonds is 0. The normalized spacial score (nSPS) is 0. The quantitative estimate of drug-likeness (QED) is 0.592. The number of hydrogen-bond acceptors (Lipinski definition) is 0. The van der Waals surface area contributed by atoms with E-state index in [1.165, 1.54) is 0 Å². The zero-order valence-electron chi connectivity index (χ0n) is 3.20. The molecule has 0 aliphatic carbocycles. The maximum Gasteiger partial charge on any atom is 6.00 e. The molecular formula is Co3MoN4. The molecule has 0 amide bonds. The Morgan fingerprint density at radius 3 is 0.375 bits per heavy atom. The second-order valence-electron chi connectivity index (χ2n) is 0. The standard InChI is InChI=1S/3Co.Mo.4N/q3*+2;+6;4*-3. The van der Waals surface area contributed by atoms with Gasteiger partial charge in [-0.3, -0.25) is 0 Å². The molecule has 0 saturated heterocycles. The van der Waals surface area contributed by atoms with Crippen LogP contribution in [0.5, 0.6) is 0 Å². The molecule has 3 radical (unpaired) electrons. The second-order valence-corrected chi connectivity index (χ2v) is 0. The Morgan fingerprint density at radius 1 is 0.375 bits per heavy atom. The van der Waals surface area contributed by atoms with Gasteiger partial charge in [-0.05, 0) is 0 Å². The zero-order chi connectivity index (χ0) is 0. The van der Waals surface area contributed by atoms with Crippen LogP contribution in [-0.4, -0.2) is 0 Å². The van der Waals surface area contributed by atoms with Crippen LogP contribution in [0.15, 0.2) is 0 Å². The Bertz CT molecular complexity index is 11.2. The van der Waals surface area contributed by atoms with Crippen molar-refractivity contribution in [2.24, 2.45) is 0 Å². The maximum atomic E-state index is 0. The summed E-state index contributed by atoms with van der Waals surface area (Å²) in [4.78, 5) is 0. The molecule has 0 bridgehead atoms. The van der Waals surface area contributed by atoms with E-state index < -0.39 is 0 Å². The SMILES string of the molecule is [Co+2].[Co+2].[Co+2].[Mo+6].[N-3].[N-3].[N-3].[N-3]. The predicted molar refractivity (Wildman–Crippen MR) is 13.4 cm³/mol. The fourth-order valence-corrected chi connectivity index (χ4v) is 0. The Hall–Kier alpha value is 2.05. The molecule has 0 aromatic rings. The van der Waals surface area contributed by atoms with Gasteiger partial charge in [0, 0.05) is 0 Å². The monoisotopic (exact) mass is 331 g/mol. The molecule has 0 aromatic carbocycles. The Kier molecular flexibility index (Phi) is 3430. The minimum Gasteiger partial charge on any atom is -3.00 e. The molecule has 0 spiro atoms. The number of hydrogen-bond donors (Lipinski definition) is 0. The van der Waals surface area contributed by atoms with E-state index in [2.05, 4.69) is 0 Å². The second kappa shape index (κ2) is 140. The van der Waals surface area contributed by atoms with Crippen LogP contribution in [0.4, 0.5) is 0 Å². The van der Waals surface area contributed by atoms with Crippen molar-refractivity contribution in [3.63, 3.8) is 0 Å². The summed E-state index contributed by atoms with van der Waals surface area (Å²) in [6.45, 7) is 0. The topological polar surface area (TPSA) is 122 Å². The molecular weight excluding hydrogens is 329 g/mol. The van der Waals surface area contributed by atoms with Crippen molar-refractivity contribution >= 4 is 0 Å². The van der Waals surface area contributed by atoms with Gasteiger partial charge in [-0.15, -0.1) is 0 Å². The van der Waals surface area contributed by atoms with Gasteiger partial charge in [0.25, 0.3) is 0 Å². The minimum atomic E-state index is 0. The number of nitrogens with zero attached hydrogens (tertiary/aromatic N) is 4. The van der Waals surface area contributed by atoms with Gasteiger partial charge in [-0.1, -0.05) is 0 Å². The Labute approximate surface area is 95.3 Å². The van der Waals surface area contributed by atoms with E-state index in [9.17, 15) is 0 Å². The summed E-state index contributed by atoms with van der Waals surface area (Å²) in [5.74, 6) is 0. The summed E-state index contributed by atoms with van der Waals surface area (Å²) >= 11 is 0.